The van der Waals surface area contributed by atoms with Gasteiger partial charge in [-0.2, -0.15) is 0 Å². The monoisotopic (exact) mass is 314 g/mol. The summed E-state index contributed by atoms with van der Waals surface area (Å²) < 4.78 is 1.43. The van der Waals surface area contributed by atoms with Gasteiger partial charge in [0.2, 0.25) is 0 Å². The predicted molar refractivity (Wildman–Crippen MR) is 82.6 cm³/mol. The van der Waals surface area contributed by atoms with Crippen LogP contribution in [0.2, 0.25) is 0 Å². The van der Waals surface area contributed by atoms with Gasteiger partial charge < -0.3 is 0 Å². The van der Waals surface area contributed by atoms with E-state index in [2.05, 4.69) is 25.8 Å². The zero-order valence-electron chi connectivity index (χ0n) is 12.1. The fourth-order valence-corrected chi connectivity index (χ4v) is 2.86. The third-order valence-electron chi connectivity index (χ3n) is 3.25. The van der Waals surface area contributed by atoms with Crippen molar-refractivity contribution < 1.29 is 4.79 Å². The molecule has 1 atom stereocenters. The van der Waals surface area contributed by atoms with Crippen LogP contribution in [-0.4, -0.2) is 31.1 Å². The number of rotatable bonds is 4. The maximum Gasteiger partial charge on any atom is 0.255 e. The maximum atomic E-state index is 12.7. The van der Waals surface area contributed by atoms with Gasteiger partial charge in [-0.15, -0.1) is 16.4 Å². The van der Waals surface area contributed by atoms with E-state index in [1.807, 2.05) is 44.2 Å². The molecule has 0 fully saturated rings. The smallest absolute Gasteiger partial charge is 0.255 e. The van der Waals surface area contributed by atoms with Crippen molar-refractivity contribution in [2.24, 2.45) is 0 Å². The summed E-state index contributed by atoms with van der Waals surface area (Å²) in [6, 6.07) is 8.73. The number of anilines is 1. The number of tetrazole rings is 1. The third kappa shape index (κ3) is 2.86. The number of nitrogens with zero attached hydrogens (tertiary/aromatic N) is 5. The van der Waals surface area contributed by atoms with E-state index in [-0.39, 0.29) is 5.91 Å². The summed E-state index contributed by atoms with van der Waals surface area (Å²) >= 11 is 1.45. The van der Waals surface area contributed by atoms with Gasteiger partial charge in [0.25, 0.3) is 5.91 Å². The number of thiazole rings is 1. The average molecular weight is 314 g/mol. The van der Waals surface area contributed by atoms with Crippen LogP contribution in [0.4, 0.5) is 5.13 Å². The van der Waals surface area contributed by atoms with Crippen LogP contribution in [0.15, 0.2) is 36.7 Å². The van der Waals surface area contributed by atoms with Gasteiger partial charge in [0, 0.05) is 4.88 Å². The lowest BCUT2D eigenvalue weighted by Gasteiger charge is -2.15. The predicted octanol–water partition coefficient (Wildman–Crippen LogP) is 1.97. The molecule has 1 N–H and O–H groups in total. The highest BCUT2D eigenvalue weighted by molar-refractivity contribution is 7.15. The number of benzene rings is 1. The lowest BCUT2D eigenvalue weighted by atomic mass is 10.1. The van der Waals surface area contributed by atoms with Crippen LogP contribution in [0.25, 0.3) is 0 Å². The van der Waals surface area contributed by atoms with Crippen molar-refractivity contribution in [1.29, 1.82) is 0 Å². The molecule has 3 rings (SSSR count). The summed E-state index contributed by atoms with van der Waals surface area (Å²) in [5, 5.41) is 14.5. The molecule has 0 bridgehead atoms. The quantitative estimate of drug-likeness (QED) is 0.796. The van der Waals surface area contributed by atoms with E-state index in [0.717, 1.165) is 16.1 Å². The van der Waals surface area contributed by atoms with E-state index in [4.69, 9.17) is 0 Å². The number of hydrogen-bond acceptors (Lipinski definition) is 6. The van der Waals surface area contributed by atoms with Gasteiger partial charge in [0.05, 0.1) is 5.69 Å². The van der Waals surface area contributed by atoms with Gasteiger partial charge in [0.1, 0.15) is 6.33 Å². The topological polar surface area (TPSA) is 85.6 Å². The maximum absolute atomic E-state index is 12.7. The first-order valence-corrected chi connectivity index (χ1v) is 7.49. The Bertz CT molecular complexity index is 748. The van der Waals surface area contributed by atoms with Crippen molar-refractivity contribution in [3.63, 3.8) is 0 Å². The molecule has 1 amide bonds. The summed E-state index contributed by atoms with van der Waals surface area (Å²) in [6.45, 7) is 3.89. The minimum absolute atomic E-state index is 0.229. The van der Waals surface area contributed by atoms with E-state index in [0.29, 0.717) is 5.13 Å². The highest BCUT2D eigenvalue weighted by Crippen LogP contribution is 2.24. The first-order valence-electron chi connectivity index (χ1n) is 6.67. The van der Waals surface area contributed by atoms with Crippen molar-refractivity contribution in [1.82, 2.24) is 25.2 Å². The van der Waals surface area contributed by atoms with E-state index < -0.39 is 6.04 Å². The number of aromatic nitrogens is 5. The molecule has 112 valence electrons. The second-order valence-corrected chi connectivity index (χ2v) is 5.96. The summed E-state index contributed by atoms with van der Waals surface area (Å²) in [5.41, 5.74) is 1.72. The molecule has 0 saturated heterocycles. The second-order valence-electron chi connectivity index (χ2n) is 4.75. The van der Waals surface area contributed by atoms with E-state index in [9.17, 15) is 4.79 Å². The Morgan fingerprint density at radius 2 is 2.05 bits per heavy atom. The molecule has 0 aliphatic rings. The van der Waals surface area contributed by atoms with E-state index >= 15 is 0 Å². The average Bonchev–Trinajstić information content (AvgIpc) is 3.12. The molecule has 8 heteroatoms. The molecule has 0 unspecified atom stereocenters. The molecule has 0 radical (unpaired) electrons. The molecule has 0 aliphatic carbocycles. The van der Waals surface area contributed by atoms with Crippen LogP contribution in [0.5, 0.6) is 0 Å². The van der Waals surface area contributed by atoms with E-state index in [1.54, 1.807) is 0 Å². The molecule has 2 aromatic heterocycles. The van der Waals surface area contributed by atoms with Gasteiger partial charge in [0.15, 0.2) is 11.2 Å². The van der Waals surface area contributed by atoms with Gasteiger partial charge in [-0.25, -0.2) is 9.67 Å². The van der Waals surface area contributed by atoms with Crippen LogP contribution < -0.4 is 5.32 Å². The van der Waals surface area contributed by atoms with Gasteiger partial charge in [-0.1, -0.05) is 30.3 Å². The Hall–Kier alpha value is -2.61. The highest BCUT2D eigenvalue weighted by Gasteiger charge is 2.24. The number of aryl methyl sites for hydroxylation is 2. The normalized spacial score (nSPS) is 12.1. The number of amides is 1. The molecule has 0 spiro atoms. The van der Waals surface area contributed by atoms with Crippen LogP contribution in [0, 0.1) is 13.8 Å². The first kappa shape index (κ1) is 14.3. The standard InChI is InChI=1S/C14H14N6OS/c1-9-10(2)22-14(16-9)17-13(21)12(20-8-15-18-19-20)11-6-4-3-5-7-11/h3-8,12H,1-2H3,(H,16,17,21)/t12-/m0/s1. The second kappa shape index (κ2) is 6.02. The van der Waals surface area contributed by atoms with Crippen molar-refractivity contribution in [2.75, 3.05) is 5.32 Å². The first-order chi connectivity index (χ1) is 10.6. The fourth-order valence-electron chi connectivity index (χ4n) is 2.05. The number of nitrogens with one attached hydrogen (secondary N) is 1. The summed E-state index contributed by atoms with van der Waals surface area (Å²) in [6.07, 6.45) is 1.43. The fraction of sp³-hybridized carbons (Fsp3) is 0.214. The molecule has 1 aromatic carbocycles. The van der Waals surface area contributed by atoms with Crippen molar-refractivity contribution in [3.8, 4) is 0 Å². The number of hydrogen-bond donors (Lipinski definition) is 1. The Morgan fingerprint density at radius 3 is 2.64 bits per heavy atom. The molecule has 0 aliphatic heterocycles. The molecule has 2 heterocycles. The molecule has 22 heavy (non-hydrogen) atoms. The number of carbonyl (C=O) groups is 1. The molecule has 7 nitrogen and oxygen atoms in total. The zero-order chi connectivity index (χ0) is 15.5. The summed E-state index contributed by atoms with van der Waals surface area (Å²) in [4.78, 5) is 18.1. The summed E-state index contributed by atoms with van der Waals surface area (Å²) in [5.74, 6) is -0.229. The van der Waals surface area contributed by atoms with Crippen molar-refractivity contribution in [3.05, 3.63) is 52.8 Å². The minimum Gasteiger partial charge on any atom is -0.300 e. The van der Waals surface area contributed by atoms with Crippen molar-refractivity contribution in [2.45, 2.75) is 19.9 Å². The molecular formula is C14H14N6OS. The Labute approximate surface area is 131 Å². The lowest BCUT2D eigenvalue weighted by molar-refractivity contribution is -0.118. The summed E-state index contributed by atoms with van der Waals surface area (Å²) in [7, 11) is 0. The van der Waals surface area contributed by atoms with E-state index in [1.165, 1.54) is 22.3 Å². The van der Waals surface area contributed by atoms with Crippen LogP contribution in [0.3, 0.4) is 0 Å². The van der Waals surface area contributed by atoms with Gasteiger partial charge >= 0.3 is 0 Å². The van der Waals surface area contributed by atoms with Crippen molar-refractivity contribution >= 4 is 22.4 Å². The van der Waals surface area contributed by atoms with Gasteiger partial charge in [-0.05, 0) is 29.8 Å². The SMILES string of the molecule is Cc1nc(NC(=O)[C@H](c2ccccc2)n2cnnn2)sc1C. The zero-order valence-corrected chi connectivity index (χ0v) is 12.9. The van der Waals surface area contributed by atoms with Crippen LogP contribution in [-0.2, 0) is 4.79 Å². The Kier molecular flexibility index (Phi) is 3.92. The molecular weight excluding hydrogens is 300 g/mol. The minimum atomic E-state index is -0.638. The van der Waals surface area contributed by atoms with Crippen LogP contribution >= 0.6 is 11.3 Å². The number of carbonyl (C=O) groups excluding carboxylic acids is 1. The molecule has 3 aromatic rings. The largest absolute Gasteiger partial charge is 0.300 e. The highest BCUT2D eigenvalue weighted by atomic mass is 32.1. The van der Waals surface area contributed by atoms with Gasteiger partial charge in [-0.3, -0.25) is 10.1 Å². The Balaban J connectivity index is 1.91. The lowest BCUT2D eigenvalue weighted by Crippen LogP contribution is -2.27. The third-order valence-corrected chi connectivity index (χ3v) is 4.24. The Morgan fingerprint density at radius 1 is 1.27 bits per heavy atom. The van der Waals surface area contributed by atoms with Crippen LogP contribution in [0.1, 0.15) is 22.2 Å². The molecule has 0 saturated carbocycles.